The summed E-state index contributed by atoms with van der Waals surface area (Å²) in [5.74, 6) is -0.344. The van der Waals surface area contributed by atoms with Crippen LogP contribution in [-0.4, -0.2) is 11.8 Å². The summed E-state index contributed by atoms with van der Waals surface area (Å²) in [7, 11) is 0. The molecule has 0 saturated carbocycles. The highest BCUT2D eigenvalue weighted by Crippen LogP contribution is 2.24. The molecule has 3 aromatic rings. The van der Waals surface area contributed by atoms with Crippen LogP contribution < -0.4 is 10.6 Å². The number of rotatable bonds is 6. The van der Waals surface area contributed by atoms with Gasteiger partial charge in [-0.05, 0) is 65.4 Å². The SMILES string of the molecule is CC(C)(C)c1ccc(C(=O)Nc2cccc(NC(=O)CCc3ccc(Cl)cc3Cl)c2)cc1. The number of carbonyl (C=O) groups excluding carboxylic acids is 2. The van der Waals surface area contributed by atoms with Gasteiger partial charge in [0.05, 0.1) is 0 Å². The van der Waals surface area contributed by atoms with Gasteiger partial charge in [0.2, 0.25) is 5.91 Å². The maximum absolute atomic E-state index is 12.6. The molecule has 0 aromatic heterocycles. The first-order chi connectivity index (χ1) is 15.1. The molecule has 2 amide bonds. The molecule has 6 heteroatoms. The van der Waals surface area contributed by atoms with Crippen molar-refractivity contribution in [3.05, 3.63) is 93.5 Å². The molecule has 0 saturated heterocycles. The van der Waals surface area contributed by atoms with E-state index in [2.05, 4.69) is 31.4 Å². The summed E-state index contributed by atoms with van der Waals surface area (Å²) < 4.78 is 0. The standard InChI is InChI=1S/C26H26Cl2N2O2/c1-26(2,3)19-11-7-18(8-12-19)25(32)30-22-6-4-5-21(16-22)29-24(31)14-10-17-9-13-20(27)15-23(17)28/h4-9,11-13,15-16H,10,14H2,1-3H3,(H,29,31)(H,30,32). The van der Waals surface area contributed by atoms with Gasteiger partial charge in [-0.15, -0.1) is 0 Å². The minimum atomic E-state index is -0.202. The van der Waals surface area contributed by atoms with Gasteiger partial charge in [-0.1, -0.05) is 68.2 Å². The summed E-state index contributed by atoms with van der Waals surface area (Å²) in [4.78, 5) is 25.0. The van der Waals surface area contributed by atoms with Crippen LogP contribution >= 0.6 is 23.2 Å². The number of hydrogen-bond donors (Lipinski definition) is 2. The summed E-state index contributed by atoms with van der Waals surface area (Å²) in [6.07, 6.45) is 0.779. The number of hydrogen-bond acceptors (Lipinski definition) is 2. The quantitative estimate of drug-likeness (QED) is 0.404. The number of aryl methyl sites for hydroxylation is 1. The van der Waals surface area contributed by atoms with Crippen LogP contribution in [0.5, 0.6) is 0 Å². The predicted molar refractivity (Wildman–Crippen MR) is 133 cm³/mol. The van der Waals surface area contributed by atoms with E-state index in [4.69, 9.17) is 23.2 Å². The zero-order valence-corrected chi connectivity index (χ0v) is 19.8. The van der Waals surface area contributed by atoms with E-state index in [0.29, 0.717) is 33.4 Å². The molecular weight excluding hydrogens is 443 g/mol. The molecule has 0 aliphatic rings. The molecule has 0 spiro atoms. The summed E-state index contributed by atoms with van der Waals surface area (Å²) in [6, 6.07) is 19.9. The molecular formula is C26H26Cl2N2O2. The molecule has 0 unspecified atom stereocenters. The zero-order valence-electron chi connectivity index (χ0n) is 18.3. The van der Waals surface area contributed by atoms with Crippen molar-refractivity contribution in [2.75, 3.05) is 10.6 Å². The fourth-order valence-corrected chi connectivity index (χ4v) is 3.70. The third kappa shape index (κ3) is 6.59. The molecule has 0 atom stereocenters. The second-order valence-electron chi connectivity index (χ2n) is 8.65. The average molecular weight is 469 g/mol. The summed E-state index contributed by atoms with van der Waals surface area (Å²) in [6.45, 7) is 6.39. The highest BCUT2D eigenvalue weighted by Gasteiger charge is 2.14. The van der Waals surface area contributed by atoms with E-state index < -0.39 is 0 Å². The van der Waals surface area contributed by atoms with Crippen LogP contribution in [-0.2, 0) is 16.6 Å². The van der Waals surface area contributed by atoms with Gasteiger partial charge >= 0.3 is 0 Å². The normalized spacial score (nSPS) is 11.2. The maximum atomic E-state index is 12.6. The predicted octanol–water partition coefficient (Wildman–Crippen LogP) is 7.11. The van der Waals surface area contributed by atoms with E-state index in [1.54, 1.807) is 36.4 Å². The lowest BCUT2D eigenvalue weighted by Gasteiger charge is -2.19. The fourth-order valence-electron chi connectivity index (χ4n) is 3.20. The second kappa shape index (κ2) is 10.2. The lowest BCUT2D eigenvalue weighted by atomic mass is 9.87. The van der Waals surface area contributed by atoms with E-state index in [1.165, 1.54) is 5.56 Å². The molecule has 32 heavy (non-hydrogen) atoms. The molecule has 4 nitrogen and oxygen atoms in total. The fraction of sp³-hybridized carbons (Fsp3) is 0.231. The minimum Gasteiger partial charge on any atom is -0.326 e. The Morgan fingerprint density at radius 3 is 2.12 bits per heavy atom. The molecule has 0 aliphatic heterocycles. The first-order valence-corrected chi connectivity index (χ1v) is 11.1. The zero-order chi connectivity index (χ0) is 23.3. The van der Waals surface area contributed by atoms with Gasteiger partial charge in [-0.3, -0.25) is 9.59 Å². The van der Waals surface area contributed by atoms with E-state index in [-0.39, 0.29) is 23.7 Å². The average Bonchev–Trinajstić information content (AvgIpc) is 2.73. The van der Waals surface area contributed by atoms with Crippen LogP contribution in [0.4, 0.5) is 11.4 Å². The molecule has 2 N–H and O–H groups in total. The van der Waals surface area contributed by atoms with Crippen LogP contribution in [0.3, 0.4) is 0 Å². The van der Waals surface area contributed by atoms with Gasteiger partial charge < -0.3 is 10.6 Å². The van der Waals surface area contributed by atoms with Crippen molar-refractivity contribution < 1.29 is 9.59 Å². The topological polar surface area (TPSA) is 58.2 Å². The van der Waals surface area contributed by atoms with Crippen molar-refractivity contribution in [1.29, 1.82) is 0 Å². The Balaban J connectivity index is 1.58. The van der Waals surface area contributed by atoms with Gasteiger partial charge in [0, 0.05) is 33.4 Å². The van der Waals surface area contributed by atoms with Gasteiger partial charge in [0.1, 0.15) is 0 Å². The van der Waals surface area contributed by atoms with Gasteiger partial charge in [0.15, 0.2) is 0 Å². The molecule has 0 radical (unpaired) electrons. The molecule has 166 valence electrons. The summed E-state index contributed by atoms with van der Waals surface area (Å²) in [5.41, 5.74) is 3.85. The lowest BCUT2D eigenvalue weighted by Crippen LogP contribution is -2.15. The Morgan fingerprint density at radius 1 is 0.844 bits per heavy atom. The number of benzene rings is 3. The van der Waals surface area contributed by atoms with Crippen LogP contribution in [0.15, 0.2) is 66.7 Å². The highest BCUT2D eigenvalue weighted by atomic mass is 35.5. The molecule has 3 aromatic carbocycles. The minimum absolute atomic E-state index is 0.0282. The van der Waals surface area contributed by atoms with Gasteiger partial charge in [0.25, 0.3) is 5.91 Å². The number of anilines is 2. The third-order valence-corrected chi connectivity index (χ3v) is 5.64. The van der Waals surface area contributed by atoms with Gasteiger partial charge in [-0.2, -0.15) is 0 Å². The largest absolute Gasteiger partial charge is 0.326 e. The molecule has 0 heterocycles. The molecule has 0 fully saturated rings. The molecule has 0 aliphatic carbocycles. The Labute approximate surface area is 198 Å². The maximum Gasteiger partial charge on any atom is 0.255 e. The Morgan fingerprint density at radius 2 is 1.50 bits per heavy atom. The number of carbonyl (C=O) groups is 2. The van der Waals surface area contributed by atoms with E-state index in [9.17, 15) is 9.59 Å². The number of halogens is 2. The monoisotopic (exact) mass is 468 g/mol. The molecule has 0 bridgehead atoms. The third-order valence-electron chi connectivity index (χ3n) is 5.05. The van der Waals surface area contributed by atoms with E-state index in [1.807, 2.05) is 30.3 Å². The smallest absolute Gasteiger partial charge is 0.255 e. The van der Waals surface area contributed by atoms with E-state index >= 15 is 0 Å². The van der Waals surface area contributed by atoms with Crippen molar-refractivity contribution in [3.63, 3.8) is 0 Å². The van der Waals surface area contributed by atoms with Crippen LogP contribution in [0.2, 0.25) is 10.0 Å². The number of nitrogens with one attached hydrogen (secondary N) is 2. The van der Waals surface area contributed by atoms with Crippen molar-refractivity contribution in [2.24, 2.45) is 0 Å². The van der Waals surface area contributed by atoms with Crippen LogP contribution in [0, 0.1) is 0 Å². The first-order valence-electron chi connectivity index (χ1n) is 10.4. The van der Waals surface area contributed by atoms with Gasteiger partial charge in [-0.25, -0.2) is 0 Å². The number of amides is 2. The van der Waals surface area contributed by atoms with E-state index in [0.717, 1.165) is 5.56 Å². The first kappa shape index (κ1) is 23.8. The van der Waals surface area contributed by atoms with Crippen molar-refractivity contribution >= 4 is 46.4 Å². The summed E-state index contributed by atoms with van der Waals surface area (Å²) in [5, 5.41) is 6.85. The highest BCUT2D eigenvalue weighted by molar-refractivity contribution is 6.35. The summed E-state index contributed by atoms with van der Waals surface area (Å²) >= 11 is 12.1. The Bertz CT molecular complexity index is 1120. The molecule has 3 rings (SSSR count). The second-order valence-corrected chi connectivity index (χ2v) is 9.49. The van der Waals surface area contributed by atoms with Crippen molar-refractivity contribution in [2.45, 2.75) is 39.0 Å². The van der Waals surface area contributed by atoms with Crippen LogP contribution in [0.1, 0.15) is 48.7 Å². The Hall–Kier alpha value is -2.82. The lowest BCUT2D eigenvalue weighted by molar-refractivity contribution is -0.116. The van der Waals surface area contributed by atoms with Crippen molar-refractivity contribution in [3.8, 4) is 0 Å². The van der Waals surface area contributed by atoms with Crippen LogP contribution in [0.25, 0.3) is 0 Å². The van der Waals surface area contributed by atoms with Crippen molar-refractivity contribution in [1.82, 2.24) is 0 Å². The Kier molecular flexibility index (Phi) is 7.60.